The van der Waals surface area contributed by atoms with Crippen LogP contribution in [0.5, 0.6) is 0 Å². The predicted molar refractivity (Wildman–Crippen MR) is 197 cm³/mol. The topological polar surface area (TPSA) is 160 Å². The van der Waals surface area contributed by atoms with Gasteiger partial charge in [0.05, 0.1) is 41.5 Å². The summed E-state index contributed by atoms with van der Waals surface area (Å²) in [6.07, 6.45) is -5.73. The molecule has 0 aromatic heterocycles. The maximum Gasteiger partial charge on any atom is 0.311 e. The molecule has 3 aliphatic rings. The van der Waals surface area contributed by atoms with Crippen LogP contribution in [0, 0.1) is 23.7 Å². The standard InChI is InChI=1S/C39H74N2O11/c1-16-29-39(11,46)32(42)26(7)41(14)20-21(2)18-37(9,45)34(52-36-23(4)28(40(12)13)17-22(3)48-36)24(5)31(25(6)35(44)50-29)51-30-19-38(10,47-15)33(43)27(8)49-30/h21-34,36,42-43,45-46H,16-20H2,1-15H3/t21-,22-,23-,24+,25-,26-,27+,28+,29-,30+,31+,32-,33+,34-,36+,37-,38-,39-/m1/s1. The van der Waals surface area contributed by atoms with Crippen LogP contribution in [0.4, 0.5) is 0 Å². The van der Waals surface area contributed by atoms with Crippen molar-refractivity contribution in [2.75, 3.05) is 34.8 Å². The van der Waals surface area contributed by atoms with Crippen molar-refractivity contribution in [3.05, 3.63) is 0 Å². The number of aliphatic hydroxyl groups excluding tert-OH is 2. The van der Waals surface area contributed by atoms with E-state index in [2.05, 4.69) is 11.8 Å². The van der Waals surface area contributed by atoms with E-state index in [-0.39, 0.29) is 36.8 Å². The maximum absolute atomic E-state index is 14.2. The van der Waals surface area contributed by atoms with Crippen LogP contribution in [0.3, 0.4) is 0 Å². The summed E-state index contributed by atoms with van der Waals surface area (Å²) in [6.45, 7) is 20.7. The molecule has 3 aliphatic heterocycles. The fraction of sp³-hybridized carbons (Fsp3) is 0.974. The van der Waals surface area contributed by atoms with Crippen molar-refractivity contribution in [2.45, 2.75) is 186 Å². The smallest absolute Gasteiger partial charge is 0.311 e. The zero-order chi connectivity index (χ0) is 39.7. The number of hydrogen-bond acceptors (Lipinski definition) is 13. The van der Waals surface area contributed by atoms with Gasteiger partial charge >= 0.3 is 5.97 Å². The first-order chi connectivity index (χ1) is 23.9. The number of carbonyl (C=O) groups excluding carboxylic acids is 1. The monoisotopic (exact) mass is 747 g/mol. The van der Waals surface area contributed by atoms with Crippen molar-refractivity contribution in [3.63, 3.8) is 0 Å². The third-order valence-corrected chi connectivity index (χ3v) is 12.6. The van der Waals surface area contributed by atoms with Crippen LogP contribution in [-0.2, 0) is 33.2 Å². The summed E-state index contributed by atoms with van der Waals surface area (Å²) in [5.74, 6) is -2.34. The van der Waals surface area contributed by atoms with Gasteiger partial charge in [-0.3, -0.25) is 4.79 Å². The van der Waals surface area contributed by atoms with E-state index in [1.54, 1.807) is 34.6 Å². The van der Waals surface area contributed by atoms with Crippen molar-refractivity contribution in [1.29, 1.82) is 0 Å². The van der Waals surface area contributed by atoms with Crippen LogP contribution < -0.4 is 0 Å². The first-order valence-corrected chi connectivity index (χ1v) is 19.5. The fourth-order valence-electron chi connectivity index (χ4n) is 9.06. The molecule has 4 N–H and O–H groups in total. The van der Waals surface area contributed by atoms with Crippen LogP contribution in [0.1, 0.15) is 102 Å². The van der Waals surface area contributed by atoms with E-state index in [0.29, 0.717) is 13.0 Å². The van der Waals surface area contributed by atoms with Crippen LogP contribution in [-0.4, -0.2) is 155 Å². The minimum atomic E-state index is -1.77. The van der Waals surface area contributed by atoms with E-state index >= 15 is 0 Å². The first-order valence-electron chi connectivity index (χ1n) is 19.5. The Morgan fingerprint density at radius 1 is 0.923 bits per heavy atom. The molecule has 0 amide bonds. The Morgan fingerprint density at radius 2 is 1.54 bits per heavy atom. The van der Waals surface area contributed by atoms with Crippen molar-refractivity contribution in [3.8, 4) is 0 Å². The molecule has 0 bridgehead atoms. The lowest BCUT2D eigenvalue weighted by atomic mass is 9.77. The Hall–Kier alpha value is -0.970. The number of carbonyl (C=O) groups is 1. The van der Waals surface area contributed by atoms with E-state index in [0.717, 1.165) is 6.42 Å². The van der Waals surface area contributed by atoms with Crippen LogP contribution in [0.25, 0.3) is 0 Å². The van der Waals surface area contributed by atoms with E-state index in [4.69, 9.17) is 28.4 Å². The molecule has 0 spiro atoms. The minimum absolute atomic E-state index is 0.0440. The highest BCUT2D eigenvalue weighted by molar-refractivity contribution is 5.73. The van der Waals surface area contributed by atoms with Gasteiger partial charge < -0.3 is 58.6 Å². The summed E-state index contributed by atoms with van der Waals surface area (Å²) in [7, 11) is 7.50. The summed E-state index contributed by atoms with van der Waals surface area (Å²) in [6, 6.07) is -0.330. The largest absolute Gasteiger partial charge is 0.459 e. The molecule has 13 nitrogen and oxygen atoms in total. The van der Waals surface area contributed by atoms with Crippen LogP contribution in [0.15, 0.2) is 0 Å². The van der Waals surface area contributed by atoms with E-state index in [1.807, 2.05) is 53.7 Å². The quantitative estimate of drug-likeness (QED) is 0.282. The lowest BCUT2D eigenvalue weighted by molar-refractivity contribution is -0.312. The number of esters is 1. The van der Waals surface area contributed by atoms with Crippen LogP contribution in [0.2, 0.25) is 0 Å². The van der Waals surface area contributed by atoms with E-state index in [9.17, 15) is 25.2 Å². The number of methoxy groups -OCH3 is 1. The molecule has 3 rings (SSSR count). The SMILES string of the molecule is CC[C@H]1OC(=O)[C@H](C)[C@@H](O[C@H]2C[C@@](C)(OC)[C@@H](O)[C@H](C)O2)[C@H](C)[C@@H](O[C@@H]2O[C@H](C)C[C@H](N(C)C)[C@H]2C)[C@](C)(O)C[C@@H](C)CN(C)[C@H](C)[C@@H](O)[C@]1(C)O. The minimum Gasteiger partial charge on any atom is -0.459 e. The summed E-state index contributed by atoms with van der Waals surface area (Å²) in [5, 5.41) is 46.8. The zero-order valence-electron chi connectivity index (χ0n) is 34.7. The molecule has 3 fully saturated rings. The third-order valence-electron chi connectivity index (χ3n) is 12.6. The molecule has 0 radical (unpaired) electrons. The number of rotatable bonds is 7. The second kappa shape index (κ2) is 17.9. The molecule has 0 aliphatic carbocycles. The normalized spacial score (nSPS) is 49.6. The van der Waals surface area contributed by atoms with Crippen molar-refractivity contribution in [1.82, 2.24) is 9.80 Å². The van der Waals surface area contributed by atoms with Gasteiger partial charge in [-0.15, -0.1) is 0 Å². The lowest BCUT2D eigenvalue weighted by Gasteiger charge is -2.49. The highest BCUT2D eigenvalue weighted by Gasteiger charge is 2.52. The lowest BCUT2D eigenvalue weighted by Crippen LogP contribution is -2.59. The Labute approximate surface area is 313 Å². The Morgan fingerprint density at radius 3 is 2.10 bits per heavy atom. The van der Waals surface area contributed by atoms with Gasteiger partial charge in [0, 0.05) is 44.0 Å². The number of hydrogen-bond donors (Lipinski definition) is 4. The number of cyclic esters (lactones) is 1. The average molecular weight is 747 g/mol. The fourth-order valence-corrected chi connectivity index (χ4v) is 9.06. The first kappa shape index (κ1) is 45.4. The number of ether oxygens (including phenoxy) is 6. The second-order valence-electron chi connectivity index (χ2n) is 17.5. The molecule has 52 heavy (non-hydrogen) atoms. The van der Waals surface area contributed by atoms with Gasteiger partial charge in [0.15, 0.2) is 12.6 Å². The molecule has 13 heteroatoms. The second-order valence-corrected chi connectivity index (χ2v) is 17.5. The van der Waals surface area contributed by atoms with Gasteiger partial charge in [-0.2, -0.15) is 0 Å². The van der Waals surface area contributed by atoms with Crippen LogP contribution >= 0.6 is 0 Å². The molecule has 0 unspecified atom stereocenters. The Bertz CT molecular complexity index is 1140. The molecular weight excluding hydrogens is 672 g/mol. The molecule has 0 aromatic carbocycles. The van der Waals surface area contributed by atoms with Gasteiger partial charge in [0.1, 0.15) is 23.9 Å². The predicted octanol–water partition coefficient (Wildman–Crippen LogP) is 3.18. The third kappa shape index (κ3) is 10.1. The number of aliphatic hydroxyl groups is 4. The number of likely N-dealkylation sites (N-methyl/N-ethyl adjacent to an activating group) is 1. The summed E-state index contributed by atoms with van der Waals surface area (Å²) >= 11 is 0. The maximum atomic E-state index is 14.2. The van der Waals surface area contributed by atoms with Crippen molar-refractivity contribution in [2.24, 2.45) is 23.7 Å². The van der Waals surface area contributed by atoms with Gasteiger partial charge in [-0.25, -0.2) is 0 Å². The molecule has 3 heterocycles. The van der Waals surface area contributed by atoms with E-state index < -0.39 is 89.9 Å². The Kier molecular flexibility index (Phi) is 15.6. The van der Waals surface area contributed by atoms with Gasteiger partial charge in [-0.05, 0) is 94.8 Å². The molecule has 0 aromatic rings. The summed E-state index contributed by atoms with van der Waals surface area (Å²) in [4.78, 5) is 18.4. The van der Waals surface area contributed by atoms with Gasteiger partial charge in [0.2, 0.25) is 0 Å². The molecule has 0 saturated carbocycles. The van der Waals surface area contributed by atoms with Gasteiger partial charge in [0.25, 0.3) is 0 Å². The molecular formula is C39H74N2O11. The average Bonchev–Trinajstić information content (AvgIpc) is 3.05. The number of nitrogens with zero attached hydrogens (tertiary/aromatic N) is 2. The Balaban J connectivity index is 2.17. The summed E-state index contributed by atoms with van der Waals surface area (Å²) < 4.78 is 38.2. The van der Waals surface area contributed by atoms with Crippen molar-refractivity contribution < 1.29 is 53.6 Å². The highest BCUT2D eigenvalue weighted by Crippen LogP contribution is 2.41. The van der Waals surface area contributed by atoms with Gasteiger partial charge in [-0.1, -0.05) is 27.7 Å². The molecule has 306 valence electrons. The summed E-state index contributed by atoms with van der Waals surface area (Å²) in [5.41, 5.74) is -4.20. The molecule has 18 atom stereocenters. The zero-order valence-corrected chi connectivity index (χ0v) is 34.7. The molecule has 3 saturated heterocycles. The highest BCUT2D eigenvalue weighted by atomic mass is 16.7. The van der Waals surface area contributed by atoms with Crippen molar-refractivity contribution >= 4 is 5.97 Å². The van der Waals surface area contributed by atoms with E-state index in [1.165, 1.54) is 14.0 Å².